The van der Waals surface area contributed by atoms with Gasteiger partial charge in [0.2, 0.25) is 0 Å². The molecule has 5 nitrogen and oxygen atoms in total. The number of hydrogen-bond donors (Lipinski definition) is 2. The van der Waals surface area contributed by atoms with Crippen LogP contribution in [-0.4, -0.2) is 62.8 Å². The van der Waals surface area contributed by atoms with Gasteiger partial charge in [-0.25, -0.2) is 0 Å². The van der Waals surface area contributed by atoms with Crippen molar-refractivity contribution in [2.75, 3.05) is 39.8 Å². The monoisotopic (exact) mass is 350 g/mol. The topological polar surface area (TPSA) is 48.9 Å². The zero-order chi connectivity index (χ0) is 17.6. The first-order chi connectivity index (χ1) is 12.2. The van der Waals surface area contributed by atoms with Crippen LogP contribution in [0.1, 0.15) is 52.4 Å². The Hall–Kier alpha value is -0.810. The summed E-state index contributed by atoms with van der Waals surface area (Å²) in [5, 5.41) is 7.28. The zero-order valence-corrected chi connectivity index (χ0v) is 16.5. The van der Waals surface area contributed by atoms with Crippen molar-refractivity contribution >= 4 is 5.96 Å². The van der Waals surface area contributed by atoms with Crippen LogP contribution >= 0.6 is 0 Å². The summed E-state index contributed by atoms with van der Waals surface area (Å²) in [4.78, 5) is 6.98. The van der Waals surface area contributed by atoms with Crippen molar-refractivity contribution in [2.24, 2.45) is 22.7 Å². The van der Waals surface area contributed by atoms with Crippen LogP contribution < -0.4 is 10.6 Å². The van der Waals surface area contributed by atoms with Crippen LogP contribution in [0.25, 0.3) is 0 Å². The van der Waals surface area contributed by atoms with E-state index in [1.807, 2.05) is 7.05 Å². The van der Waals surface area contributed by atoms with E-state index in [-0.39, 0.29) is 0 Å². The molecule has 0 spiro atoms. The first-order valence-corrected chi connectivity index (χ1v) is 10.5. The number of rotatable bonds is 9. The van der Waals surface area contributed by atoms with Crippen molar-refractivity contribution in [1.82, 2.24) is 15.5 Å². The van der Waals surface area contributed by atoms with Crippen LogP contribution in [0.2, 0.25) is 0 Å². The molecule has 2 N–H and O–H groups in total. The molecule has 0 aromatic rings. The Kier molecular flexibility index (Phi) is 7.00. The van der Waals surface area contributed by atoms with Crippen LogP contribution in [0.4, 0.5) is 0 Å². The molecule has 2 aliphatic carbocycles. The minimum atomic E-state index is 0.337. The highest BCUT2D eigenvalue weighted by molar-refractivity contribution is 5.80. The van der Waals surface area contributed by atoms with Crippen molar-refractivity contribution in [3.63, 3.8) is 0 Å². The van der Waals surface area contributed by atoms with Crippen LogP contribution in [0.3, 0.4) is 0 Å². The normalized spacial score (nSPS) is 23.5. The maximum Gasteiger partial charge on any atom is 0.191 e. The van der Waals surface area contributed by atoms with Gasteiger partial charge < -0.3 is 20.3 Å². The molecular formula is C20H38N4O. The van der Waals surface area contributed by atoms with E-state index in [0.717, 1.165) is 56.5 Å². The molecule has 0 radical (unpaired) electrons. The fraction of sp³-hybridized carbons (Fsp3) is 0.950. The van der Waals surface area contributed by atoms with Crippen molar-refractivity contribution in [2.45, 2.75) is 64.5 Å². The minimum absolute atomic E-state index is 0.337. The number of nitrogens with one attached hydrogen (secondary N) is 2. The average molecular weight is 351 g/mol. The summed E-state index contributed by atoms with van der Waals surface area (Å²) in [6.07, 6.45) is 8.53. The Morgan fingerprint density at radius 1 is 1.08 bits per heavy atom. The second kappa shape index (κ2) is 9.22. The third-order valence-electron chi connectivity index (χ3n) is 5.97. The van der Waals surface area contributed by atoms with Gasteiger partial charge in [0.05, 0.1) is 12.7 Å². The van der Waals surface area contributed by atoms with Gasteiger partial charge in [-0.2, -0.15) is 0 Å². The first-order valence-electron chi connectivity index (χ1n) is 10.5. The Bertz CT molecular complexity index is 411. The number of piperidine rings is 1. The van der Waals surface area contributed by atoms with Crippen molar-refractivity contribution in [3.8, 4) is 0 Å². The van der Waals surface area contributed by atoms with Crippen molar-refractivity contribution < 1.29 is 4.74 Å². The second-order valence-corrected chi connectivity index (χ2v) is 8.47. The van der Waals surface area contributed by atoms with Gasteiger partial charge in [0.1, 0.15) is 0 Å². The fourth-order valence-corrected chi connectivity index (χ4v) is 4.09. The largest absolute Gasteiger partial charge is 0.377 e. The van der Waals surface area contributed by atoms with E-state index < -0.39 is 0 Å². The Morgan fingerprint density at radius 2 is 1.72 bits per heavy atom. The molecule has 3 aliphatic rings. The highest BCUT2D eigenvalue weighted by atomic mass is 16.5. The number of ether oxygens (including phenoxy) is 1. The van der Waals surface area contributed by atoms with Crippen molar-refractivity contribution in [3.05, 3.63) is 0 Å². The molecule has 0 aromatic heterocycles. The summed E-state index contributed by atoms with van der Waals surface area (Å²) in [6.45, 7) is 9.54. The van der Waals surface area contributed by atoms with Crippen molar-refractivity contribution in [1.29, 1.82) is 0 Å². The number of guanidine groups is 1. The predicted octanol–water partition coefficient (Wildman–Crippen LogP) is 2.48. The molecule has 1 heterocycles. The van der Waals surface area contributed by atoms with E-state index in [4.69, 9.17) is 4.74 Å². The molecule has 5 heteroatoms. The number of aliphatic imine (C=N–C) groups is 1. The lowest BCUT2D eigenvalue weighted by atomic mass is 9.98. The van der Waals surface area contributed by atoms with E-state index in [9.17, 15) is 0 Å². The molecule has 0 bridgehead atoms. The Balaban J connectivity index is 1.32. The molecule has 0 aromatic carbocycles. The minimum Gasteiger partial charge on any atom is -0.377 e. The van der Waals surface area contributed by atoms with Crippen LogP contribution in [0.15, 0.2) is 4.99 Å². The number of likely N-dealkylation sites (tertiary alicyclic amines) is 1. The lowest BCUT2D eigenvalue weighted by Gasteiger charge is -2.33. The molecule has 3 rings (SSSR count). The van der Waals surface area contributed by atoms with Gasteiger partial charge in [0.25, 0.3) is 0 Å². The molecule has 0 amide bonds. The average Bonchev–Trinajstić information content (AvgIpc) is 3.48. The van der Waals surface area contributed by atoms with E-state index in [1.54, 1.807) is 0 Å². The van der Waals surface area contributed by atoms with Crippen LogP contribution in [0, 0.1) is 17.8 Å². The lowest BCUT2D eigenvalue weighted by molar-refractivity contribution is 0.0532. The molecule has 1 aliphatic heterocycles. The van der Waals surface area contributed by atoms with Gasteiger partial charge >= 0.3 is 0 Å². The summed E-state index contributed by atoms with van der Waals surface area (Å²) in [5.41, 5.74) is 0. The van der Waals surface area contributed by atoms with E-state index >= 15 is 0 Å². The highest BCUT2D eigenvalue weighted by Gasteiger charge is 2.41. The molecule has 0 atom stereocenters. The van der Waals surface area contributed by atoms with E-state index in [2.05, 4.69) is 34.4 Å². The second-order valence-electron chi connectivity index (χ2n) is 8.47. The summed E-state index contributed by atoms with van der Waals surface area (Å²) < 4.78 is 5.67. The molecule has 1 saturated heterocycles. The number of nitrogens with zero attached hydrogens (tertiary/aromatic N) is 2. The molecule has 2 saturated carbocycles. The van der Waals surface area contributed by atoms with Gasteiger partial charge in [-0.05, 0) is 70.1 Å². The van der Waals surface area contributed by atoms with E-state index in [1.165, 1.54) is 38.5 Å². The standard InChI is InChI=1S/C20H38N4O/c1-15(2)25-13-12-24-10-8-18(9-11-24)23-20(21-3)22-14-19(16-4-5-16)17-6-7-17/h15-19H,4-14H2,1-3H3,(H2,21,22,23). The van der Waals surface area contributed by atoms with Gasteiger partial charge in [0, 0.05) is 39.3 Å². The summed E-state index contributed by atoms with van der Waals surface area (Å²) in [6, 6.07) is 0.550. The molecule has 3 fully saturated rings. The lowest BCUT2D eigenvalue weighted by Crippen LogP contribution is -2.50. The van der Waals surface area contributed by atoms with Gasteiger partial charge in [-0.1, -0.05) is 0 Å². The quantitative estimate of drug-likeness (QED) is 0.495. The maximum absolute atomic E-state index is 5.67. The molecule has 0 unspecified atom stereocenters. The SMILES string of the molecule is CN=C(NCC(C1CC1)C1CC1)NC1CCN(CCOC(C)C)CC1. The first kappa shape index (κ1) is 19.0. The highest BCUT2D eigenvalue weighted by Crippen LogP contribution is 2.48. The van der Waals surface area contributed by atoms with Gasteiger partial charge in [-0.15, -0.1) is 0 Å². The third kappa shape index (κ3) is 6.45. The summed E-state index contributed by atoms with van der Waals surface area (Å²) in [5.74, 6) is 3.89. The summed E-state index contributed by atoms with van der Waals surface area (Å²) >= 11 is 0. The molecular weight excluding hydrogens is 312 g/mol. The zero-order valence-electron chi connectivity index (χ0n) is 16.5. The third-order valence-corrected chi connectivity index (χ3v) is 5.97. The maximum atomic E-state index is 5.67. The van der Waals surface area contributed by atoms with Gasteiger partial charge in [-0.3, -0.25) is 4.99 Å². The smallest absolute Gasteiger partial charge is 0.191 e. The summed E-state index contributed by atoms with van der Waals surface area (Å²) in [7, 11) is 1.90. The fourth-order valence-electron chi connectivity index (χ4n) is 4.09. The van der Waals surface area contributed by atoms with Gasteiger partial charge in [0.15, 0.2) is 5.96 Å². The molecule has 25 heavy (non-hydrogen) atoms. The van der Waals surface area contributed by atoms with Crippen LogP contribution in [0.5, 0.6) is 0 Å². The molecule has 144 valence electrons. The number of hydrogen-bond acceptors (Lipinski definition) is 3. The predicted molar refractivity (Wildman–Crippen MR) is 104 cm³/mol. The van der Waals surface area contributed by atoms with E-state index in [0.29, 0.717) is 12.1 Å². The Labute approximate surface area is 154 Å². The van der Waals surface area contributed by atoms with Crippen LogP contribution in [-0.2, 0) is 4.74 Å². The Morgan fingerprint density at radius 3 is 2.24 bits per heavy atom.